The number of nitrogens with one attached hydrogen (secondary N) is 2. The number of imide groups is 1. The van der Waals surface area contributed by atoms with Crippen molar-refractivity contribution in [1.29, 1.82) is 0 Å². The highest BCUT2D eigenvalue weighted by Gasteiger charge is 2.21. The van der Waals surface area contributed by atoms with Gasteiger partial charge in [0.25, 0.3) is 5.91 Å². The van der Waals surface area contributed by atoms with E-state index in [4.69, 9.17) is 0 Å². The summed E-state index contributed by atoms with van der Waals surface area (Å²) in [6.45, 7) is 2.73. The number of pyridine rings is 1. The van der Waals surface area contributed by atoms with Crippen LogP contribution in [0.25, 0.3) is 10.8 Å². The first-order valence-electron chi connectivity index (χ1n) is 9.89. The SMILES string of the molecule is O=C(NC(=O)c1ccncc1)NC1CCN(Cc2ccc3ccccc3c2)CC1. The molecule has 1 aliphatic heterocycles. The van der Waals surface area contributed by atoms with E-state index in [2.05, 4.69) is 63.0 Å². The third-order valence-electron chi connectivity index (χ3n) is 5.31. The fourth-order valence-corrected chi connectivity index (χ4v) is 3.73. The highest BCUT2D eigenvalue weighted by atomic mass is 16.2. The Labute approximate surface area is 169 Å². The largest absolute Gasteiger partial charge is 0.335 e. The molecule has 148 valence electrons. The van der Waals surface area contributed by atoms with Crippen LogP contribution in [0.4, 0.5) is 4.79 Å². The number of urea groups is 1. The van der Waals surface area contributed by atoms with E-state index in [1.807, 2.05) is 0 Å². The van der Waals surface area contributed by atoms with Crippen molar-refractivity contribution >= 4 is 22.7 Å². The van der Waals surface area contributed by atoms with Gasteiger partial charge in [0.15, 0.2) is 0 Å². The van der Waals surface area contributed by atoms with Crippen molar-refractivity contribution in [3.05, 3.63) is 78.1 Å². The van der Waals surface area contributed by atoms with Crippen LogP contribution in [0.1, 0.15) is 28.8 Å². The number of carbonyl (C=O) groups excluding carboxylic acids is 2. The molecular weight excluding hydrogens is 364 g/mol. The van der Waals surface area contributed by atoms with E-state index in [0.29, 0.717) is 5.56 Å². The molecule has 1 aromatic heterocycles. The van der Waals surface area contributed by atoms with Gasteiger partial charge < -0.3 is 5.32 Å². The van der Waals surface area contributed by atoms with Crippen molar-refractivity contribution in [2.24, 2.45) is 0 Å². The molecule has 0 radical (unpaired) electrons. The molecule has 4 rings (SSSR count). The highest BCUT2D eigenvalue weighted by Crippen LogP contribution is 2.19. The summed E-state index contributed by atoms with van der Waals surface area (Å²) in [6.07, 6.45) is 4.78. The number of hydrogen-bond donors (Lipinski definition) is 2. The molecule has 6 heteroatoms. The summed E-state index contributed by atoms with van der Waals surface area (Å²) in [5, 5.41) is 7.81. The number of nitrogens with zero attached hydrogens (tertiary/aromatic N) is 2. The molecule has 0 atom stereocenters. The average Bonchev–Trinajstić information content (AvgIpc) is 2.75. The summed E-state index contributed by atoms with van der Waals surface area (Å²) in [7, 11) is 0. The molecule has 29 heavy (non-hydrogen) atoms. The van der Waals surface area contributed by atoms with Crippen molar-refractivity contribution in [2.45, 2.75) is 25.4 Å². The predicted molar refractivity (Wildman–Crippen MR) is 112 cm³/mol. The first-order chi connectivity index (χ1) is 14.2. The van der Waals surface area contributed by atoms with E-state index in [9.17, 15) is 9.59 Å². The number of rotatable bonds is 4. The fraction of sp³-hybridized carbons (Fsp3) is 0.261. The minimum Gasteiger partial charge on any atom is -0.335 e. The van der Waals surface area contributed by atoms with Crippen LogP contribution in [0, 0.1) is 0 Å². The van der Waals surface area contributed by atoms with Gasteiger partial charge in [0.1, 0.15) is 0 Å². The highest BCUT2D eigenvalue weighted by molar-refractivity contribution is 6.04. The number of carbonyl (C=O) groups is 2. The molecular formula is C23H24N4O2. The zero-order valence-electron chi connectivity index (χ0n) is 16.2. The summed E-state index contributed by atoms with van der Waals surface area (Å²) >= 11 is 0. The molecule has 2 aromatic carbocycles. The summed E-state index contributed by atoms with van der Waals surface area (Å²) in [4.78, 5) is 30.4. The minimum atomic E-state index is -0.445. The van der Waals surface area contributed by atoms with Gasteiger partial charge in [-0.15, -0.1) is 0 Å². The molecule has 2 heterocycles. The van der Waals surface area contributed by atoms with Gasteiger partial charge in [-0.3, -0.25) is 20.0 Å². The Balaban J connectivity index is 1.24. The van der Waals surface area contributed by atoms with Crippen LogP contribution >= 0.6 is 0 Å². The Hall–Kier alpha value is -3.25. The average molecular weight is 388 g/mol. The topological polar surface area (TPSA) is 74.3 Å². The molecule has 3 aromatic rings. The smallest absolute Gasteiger partial charge is 0.321 e. The maximum atomic E-state index is 12.1. The molecule has 1 fully saturated rings. The van der Waals surface area contributed by atoms with Gasteiger partial charge in [-0.2, -0.15) is 0 Å². The fourth-order valence-electron chi connectivity index (χ4n) is 3.73. The van der Waals surface area contributed by atoms with Gasteiger partial charge in [-0.1, -0.05) is 36.4 Å². The quantitative estimate of drug-likeness (QED) is 0.719. The zero-order chi connectivity index (χ0) is 20.1. The molecule has 2 N–H and O–H groups in total. The number of fused-ring (bicyclic) bond motifs is 1. The Bertz CT molecular complexity index is 998. The molecule has 0 spiro atoms. The Morgan fingerprint density at radius 1 is 0.966 bits per heavy atom. The maximum Gasteiger partial charge on any atom is 0.321 e. The zero-order valence-corrected chi connectivity index (χ0v) is 16.2. The summed E-state index contributed by atoms with van der Waals surface area (Å²) in [6, 6.07) is 17.8. The number of piperidine rings is 1. The van der Waals surface area contributed by atoms with E-state index in [1.54, 1.807) is 12.1 Å². The summed E-state index contributed by atoms with van der Waals surface area (Å²) in [5.74, 6) is -0.418. The van der Waals surface area contributed by atoms with Crippen LogP contribution in [-0.4, -0.2) is 41.0 Å². The molecule has 3 amide bonds. The van der Waals surface area contributed by atoms with Crippen molar-refractivity contribution in [1.82, 2.24) is 20.5 Å². The van der Waals surface area contributed by atoms with E-state index in [-0.39, 0.29) is 6.04 Å². The first kappa shape index (κ1) is 19.1. The van der Waals surface area contributed by atoms with Crippen molar-refractivity contribution in [3.63, 3.8) is 0 Å². The van der Waals surface area contributed by atoms with E-state index in [0.717, 1.165) is 32.5 Å². The van der Waals surface area contributed by atoms with E-state index >= 15 is 0 Å². The molecule has 0 bridgehead atoms. The van der Waals surface area contributed by atoms with Crippen LogP contribution in [0.2, 0.25) is 0 Å². The lowest BCUT2D eigenvalue weighted by atomic mass is 10.0. The minimum absolute atomic E-state index is 0.0769. The van der Waals surface area contributed by atoms with E-state index < -0.39 is 11.9 Å². The second-order valence-electron chi connectivity index (χ2n) is 7.40. The van der Waals surface area contributed by atoms with Gasteiger partial charge in [0.2, 0.25) is 0 Å². The maximum absolute atomic E-state index is 12.1. The van der Waals surface area contributed by atoms with Crippen molar-refractivity contribution in [2.75, 3.05) is 13.1 Å². The molecule has 0 unspecified atom stereocenters. The van der Waals surface area contributed by atoms with Crippen LogP contribution in [0.5, 0.6) is 0 Å². The van der Waals surface area contributed by atoms with Crippen LogP contribution in [0.15, 0.2) is 67.0 Å². The number of aromatic nitrogens is 1. The molecule has 0 saturated carbocycles. The van der Waals surface area contributed by atoms with Gasteiger partial charge >= 0.3 is 6.03 Å². The van der Waals surface area contributed by atoms with Gasteiger partial charge in [0.05, 0.1) is 0 Å². The molecule has 1 aliphatic rings. The Kier molecular flexibility index (Phi) is 5.81. The molecule has 1 saturated heterocycles. The Morgan fingerprint density at radius 3 is 2.45 bits per heavy atom. The molecule has 6 nitrogen and oxygen atoms in total. The van der Waals surface area contributed by atoms with Crippen LogP contribution < -0.4 is 10.6 Å². The lowest BCUT2D eigenvalue weighted by Gasteiger charge is -2.32. The van der Waals surface area contributed by atoms with Crippen LogP contribution in [-0.2, 0) is 6.54 Å². The third-order valence-corrected chi connectivity index (χ3v) is 5.31. The molecule has 0 aliphatic carbocycles. The van der Waals surface area contributed by atoms with Crippen LogP contribution in [0.3, 0.4) is 0 Å². The number of hydrogen-bond acceptors (Lipinski definition) is 4. The van der Waals surface area contributed by atoms with E-state index in [1.165, 1.54) is 28.7 Å². The summed E-state index contributed by atoms with van der Waals surface area (Å²) < 4.78 is 0. The third kappa shape index (κ3) is 4.97. The normalized spacial score (nSPS) is 15.2. The lowest BCUT2D eigenvalue weighted by Crippen LogP contribution is -2.49. The van der Waals surface area contributed by atoms with Gasteiger partial charge in [0, 0.05) is 43.6 Å². The van der Waals surface area contributed by atoms with Crippen molar-refractivity contribution in [3.8, 4) is 0 Å². The number of amides is 3. The second kappa shape index (κ2) is 8.84. The predicted octanol–water partition coefficient (Wildman–Crippen LogP) is 3.34. The van der Waals surface area contributed by atoms with Crippen molar-refractivity contribution < 1.29 is 9.59 Å². The number of likely N-dealkylation sites (tertiary alicyclic amines) is 1. The lowest BCUT2D eigenvalue weighted by molar-refractivity contribution is 0.0961. The monoisotopic (exact) mass is 388 g/mol. The Morgan fingerprint density at radius 2 is 1.69 bits per heavy atom. The van der Waals surface area contributed by atoms with Gasteiger partial charge in [-0.25, -0.2) is 4.79 Å². The first-order valence-corrected chi connectivity index (χ1v) is 9.89. The number of benzene rings is 2. The standard InChI is InChI=1S/C23H24N4O2/c28-22(19-7-11-24-12-8-19)26-23(29)25-21-9-13-27(14-10-21)16-17-5-6-18-3-1-2-4-20(18)15-17/h1-8,11-12,15,21H,9-10,13-14,16H2,(H2,25,26,28,29). The summed E-state index contributed by atoms with van der Waals surface area (Å²) in [5.41, 5.74) is 1.72. The second-order valence-corrected chi connectivity index (χ2v) is 7.40. The van der Waals surface area contributed by atoms with Gasteiger partial charge in [-0.05, 0) is 47.4 Å².